The molecule has 1 fully saturated rings. The van der Waals surface area contributed by atoms with Crippen molar-refractivity contribution in [3.05, 3.63) is 35.9 Å². The van der Waals surface area contributed by atoms with E-state index >= 15 is 0 Å². The number of aliphatic hydroxyl groups excluding tert-OH is 1. The maximum atomic E-state index is 9.72. The first-order chi connectivity index (χ1) is 8.84. The topological polar surface area (TPSA) is 50.7 Å². The monoisotopic (exact) mass is 251 g/mol. The van der Waals surface area contributed by atoms with Crippen molar-refractivity contribution < 1.29 is 14.6 Å². The number of ether oxygens (including phenoxy) is 2. The molecule has 4 heteroatoms. The molecule has 1 heterocycles. The van der Waals surface area contributed by atoms with E-state index in [1.54, 1.807) is 0 Å². The van der Waals surface area contributed by atoms with Gasteiger partial charge in [-0.3, -0.25) is 0 Å². The van der Waals surface area contributed by atoms with Gasteiger partial charge in [-0.25, -0.2) is 0 Å². The van der Waals surface area contributed by atoms with Crippen LogP contribution in [-0.4, -0.2) is 43.6 Å². The Hall–Kier alpha value is -0.940. The number of nitrogens with one attached hydrogen (secondary N) is 1. The predicted octanol–water partition coefficient (Wildman–Crippen LogP) is 0.943. The lowest BCUT2D eigenvalue weighted by atomic mass is 10.2. The first-order valence-electron chi connectivity index (χ1n) is 6.46. The summed E-state index contributed by atoms with van der Waals surface area (Å²) in [6.07, 6.45) is 0.723. The second-order valence-corrected chi connectivity index (χ2v) is 4.60. The van der Waals surface area contributed by atoms with Crippen molar-refractivity contribution in [2.75, 3.05) is 26.3 Å². The molecule has 1 aromatic rings. The maximum absolute atomic E-state index is 9.72. The molecule has 0 saturated carbocycles. The van der Waals surface area contributed by atoms with E-state index < -0.39 is 6.10 Å². The third-order valence-electron chi connectivity index (χ3n) is 2.96. The van der Waals surface area contributed by atoms with Crippen molar-refractivity contribution in [2.24, 2.45) is 0 Å². The maximum Gasteiger partial charge on any atom is 0.101 e. The predicted molar refractivity (Wildman–Crippen MR) is 69.3 cm³/mol. The molecule has 100 valence electrons. The van der Waals surface area contributed by atoms with Crippen molar-refractivity contribution in [3.8, 4) is 0 Å². The van der Waals surface area contributed by atoms with Gasteiger partial charge < -0.3 is 19.9 Å². The van der Waals surface area contributed by atoms with Crippen LogP contribution in [0.15, 0.2) is 30.3 Å². The minimum absolute atomic E-state index is 0.244. The number of benzene rings is 1. The second-order valence-electron chi connectivity index (χ2n) is 4.60. The highest BCUT2D eigenvalue weighted by atomic mass is 16.5. The van der Waals surface area contributed by atoms with Gasteiger partial charge in [0.25, 0.3) is 0 Å². The zero-order valence-electron chi connectivity index (χ0n) is 10.5. The Morgan fingerprint density at radius 3 is 2.83 bits per heavy atom. The highest BCUT2D eigenvalue weighted by Gasteiger charge is 2.16. The quantitative estimate of drug-likeness (QED) is 0.757. The van der Waals surface area contributed by atoms with Gasteiger partial charge in [0.15, 0.2) is 0 Å². The van der Waals surface area contributed by atoms with Gasteiger partial charge in [0.2, 0.25) is 0 Å². The van der Waals surface area contributed by atoms with Crippen molar-refractivity contribution in [3.63, 3.8) is 0 Å². The van der Waals surface area contributed by atoms with E-state index in [2.05, 4.69) is 5.32 Å². The second kappa shape index (κ2) is 7.48. The Bertz CT molecular complexity index is 325. The molecule has 1 aromatic carbocycles. The van der Waals surface area contributed by atoms with Gasteiger partial charge in [-0.1, -0.05) is 30.3 Å². The van der Waals surface area contributed by atoms with Crippen LogP contribution in [0, 0.1) is 0 Å². The highest BCUT2D eigenvalue weighted by Crippen LogP contribution is 2.05. The summed E-state index contributed by atoms with van der Waals surface area (Å²) in [6, 6.07) is 9.94. The summed E-state index contributed by atoms with van der Waals surface area (Å²) < 4.78 is 11.0. The zero-order valence-corrected chi connectivity index (χ0v) is 10.5. The van der Waals surface area contributed by atoms with Crippen LogP contribution in [0.5, 0.6) is 0 Å². The van der Waals surface area contributed by atoms with Gasteiger partial charge >= 0.3 is 0 Å². The van der Waals surface area contributed by atoms with E-state index in [0.717, 1.165) is 25.1 Å². The first kappa shape index (κ1) is 13.5. The van der Waals surface area contributed by atoms with E-state index in [1.165, 1.54) is 0 Å². The fourth-order valence-electron chi connectivity index (χ4n) is 1.95. The minimum Gasteiger partial charge on any atom is -0.388 e. The molecule has 4 nitrogen and oxygen atoms in total. The summed E-state index contributed by atoms with van der Waals surface area (Å²) in [5.74, 6) is 0. The van der Waals surface area contributed by atoms with Crippen LogP contribution in [0.1, 0.15) is 12.0 Å². The Kier molecular flexibility index (Phi) is 5.61. The molecule has 2 rings (SSSR count). The van der Waals surface area contributed by atoms with Gasteiger partial charge in [0.05, 0.1) is 25.9 Å². The fourth-order valence-corrected chi connectivity index (χ4v) is 1.95. The van der Waals surface area contributed by atoms with Crippen molar-refractivity contribution in [2.45, 2.75) is 25.2 Å². The van der Waals surface area contributed by atoms with Gasteiger partial charge in [0.1, 0.15) is 6.10 Å². The lowest BCUT2D eigenvalue weighted by Crippen LogP contribution is -2.26. The molecular formula is C14H21NO3. The molecule has 0 aliphatic carbocycles. The van der Waals surface area contributed by atoms with Gasteiger partial charge in [-0.2, -0.15) is 0 Å². The molecule has 0 aromatic heterocycles. The minimum atomic E-state index is -0.547. The summed E-state index contributed by atoms with van der Waals surface area (Å²) >= 11 is 0. The summed E-state index contributed by atoms with van der Waals surface area (Å²) in [6.45, 7) is 3.09. The Morgan fingerprint density at radius 1 is 1.28 bits per heavy atom. The fraction of sp³-hybridized carbons (Fsp3) is 0.571. The summed E-state index contributed by atoms with van der Waals surface area (Å²) in [4.78, 5) is 0. The molecule has 0 bridgehead atoms. The Labute approximate surface area is 108 Å². The summed E-state index contributed by atoms with van der Waals surface area (Å²) in [7, 11) is 0. The Morgan fingerprint density at radius 2 is 2.11 bits per heavy atom. The molecule has 0 spiro atoms. The van der Waals surface area contributed by atoms with E-state index in [1.807, 2.05) is 30.3 Å². The van der Waals surface area contributed by atoms with Crippen LogP contribution in [0.2, 0.25) is 0 Å². The summed E-state index contributed by atoms with van der Waals surface area (Å²) in [5.41, 5.74) is 1.12. The lowest BCUT2D eigenvalue weighted by Gasteiger charge is -2.15. The number of hydrogen-bond acceptors (Lipinski definition) is 4. The average molecular weight is 251 g/mol. The average Bonchev–Trinajstić information content (AvgIpc) is 2.91. The molecule has 2 N–H and O–H groups in total. The Balaban J connectivity index is 1.55. The van der Waals surface area contributed by atoms with Crippen molar-refractivity contribution in [1.29, 1.82) is 0 Å². The molecular weight excluding hydrogens is 230 g/mol. The van der Waals surface area contributed by atoms with Crippen molar-refractivity contribution >= 4 is 0 Å². The van der Waals surface area contributed by atoms with Crippen LogP contribution in [0.25, 0.3) is 0 Å². The van der Waals surface area contributed by atoms with Gasteiger partial charge in [-0.05, 0) is 18.5 Å². The van der Waals surface area contributed by atoms with Gasteiger partial charge in [0, 0.05) is 6.54 Å². The smallest absolute Gasteiger partial charge is 0.101 e. The normalized spacial score (nSPS) is 21.1. The zero-order chi connectivity index (χ0) is 12.6. The number of hydrogen-bond donors (Lipinski definition) is 2. The number of rotatable bonds is 7. The van der Waals surface area contributed by atoms with Crippen molar-refractivity contribution in [1.82, 2.24) is 5.32 Å². The molecule has 2 unspecified atom stereocenters. The standard InChI is InChI=1S/C14H21NO3/c16-13(11-18-14-6-7-15-8-14)10-17-9-12-4-2-1-3-5-12/h1-5,13-16H,6-11H2. The van der Waals surface area contributed by atoms with Crippen LogP contribution < -0.4 is 5.32 Å². The van der Waals surface area contributed by atoms with E-state index in [0.29, 0.717) is 19.8 Å². The lowest BCUT2D eigenvalue weighted by molar-refractivity contribution is -0.0425. The molecule has 0 radical (unpaired) electrons. The molecule has 1 aliphatic rings. The van der Waals surface area contributed by atoms with Crippen LogP contribution in [0.4, 0.5) is 0 Å². The third kappa shape index (κ3) is 4.74. The van der Waals surface area contributed by atoms with Gasteiger partial charge in [-0.15, -0.1) is 0 Å². The van der Waals surface area contributed by atoms with Crippen LogP contribution >= 0.6 is 0 Å². The largest absolute Gasteiger partial charge is 0.388 e. The summed E-state index contributed by atoms with van der Waals surface area (Å²) in [5, 5.41) is 12.9. The third-order valence-corrected chi connectivity index (χ3v) is 2.96. The number of aliphatic hydroxyl groups is 1. The van der Waals surface area contributed by atoms with E-state index in [9.17, 15) is 5.11 Å². The van der Waals surface area contributed by atoms with Crippen LogP contribution in [-0.2, 0) is 16.1 Å². The SMILES string of the molecule is OC(COCc1ccccc1)COC1CCNC1. The molecule has 18 heavy (non-hydrogen) atoms. The molecule has 0 amide bonds. The first-order valence-corrected chi connectivity index (χ1v) is 6.46. The highest BCUT2D eigenvalue weighted by molar-refractivity contribution is 5.13. The molecule has 1 saturated heterocycles. The van der Waals surface area contributed by atoms with E-state index in [4.69, 9.17) is 9.47 Å². The van der Waals surface area contributed by atoms with Crippen LogP contribution in [0.3, 0.4) is 0 Å². The van der Waals surface area contributed by atoms with E-state index in [-0.39, 0.29) is 6.10 Å². The molecule has 1 aliphatic heterocycles. The molecule has 2 atom stereocenters.